The van der Waals surface area contributed by atoms with Crippen molar-refractivity contribution in [2.45, 2.75) is 6.61 Å². The molecule has 2 aromatic rings. The Kier molecular flexibility index (Phi) is 3.97. The van der Waals surface area contributed by atoms with Gasteiger partial charge in [-0.3, -0.25) is 10.4 Å². The second-order valence-electron chi connectivity index (χ2n) is 3.93. The summed E-state index contributed by atoms with van der Waals surface area (Å²) in [7, 11) is 1.63. The molecule has 0 aliphatic carbocycles. The molecular formula is C14H15N3O2. The van der Waals surface area contributed by atoms with Crippen LogP contribution in [0.4, 0.5) is 0 Å². The number of rotatable bonds is 5. The smallest absolute Gasteiger partial charge is 0.141 e. The van der Waals surface area contributed by atoms with E-state index < -0.39 is 0 Å². The second-order valence-corrected chi connectivity index (χ2v) is 3.93. The molecule has 2 rings (SSSR count). The maximum Gasteiger partial charge on any atom is 0.141 e. The van der Waals surface area contributed by atoms with Crippen molar-refractivity contribution in [1.82, 2.24) is 4.98 Å². The third-order valence-corrected chi connectivity index (χ3v) is 2.57. The number of nitrogens with zero attached hydrogens (tertiary/aromatic N) is 1. The molecule has 19 heavy (non-hydrogen) atoms. The van der Waals surface area contributed by atoms with Crippen molar-refractivity contribution in [2.24, 2.45) is 5.73 Å². The van der Waals surface area contributed by atoms with Crippen LogP contribution in [-0.4, -0.2) is 17.9 Å². The van der Waals surface area contributed by atoms with Gasteiger partial charge in [0.2, 0.25) is 0 Å². The largest absolute Gasteiger partial charge is 0.497 e. The highest BCUT2D eigenvalue weighted by Gasteiger charge is 2.01. The van der Waals surface area contributed by atoms with Crippen molar-refractivity contribution in [3.63, 3.8) is 0 Å². The molecule has 0 aliphatic rings. The number of amidine groups is 1. The van der Waals surface area contributed by atoms with Crippen LogP contribution < -0.4 is 15.2 Å². The monoisotopic (exact) mass is 257 g/mol. The van der Waals surface area contributed by atoms with E-state index in [0.717, 1.165) is 11.3 Å². The molecule has 1 aromatic carbocycles. The summed E-state index contributed by atoms with van der Waals surface area (Å²) in [6.45, 7) is 0.436. The molecule has 0 saturated carbocycles. The van der Waals surface area contributed by atoms with Crippen molar-refractivity contribution in [1.29, 1.82) is 5.41 Å². The van der Waals surface area contributed by atoms with Crippen molar-refractivity contribution in [2.75, 3.05) is 7.11 Å². The van der Waals surface area contributed by atoms with E-state index in [9.17, 15) is 0 Å². The number of methoxy groups -OCH3 is 1. The average Bonchev–Trinajstić information content (AvgIpc) is 2.46. The highest BCUT2D eigenvalue weighted by Crippen LogP contribution is 2.15. The molecule has 5 nitrogen and oxygen atoms in total. The number of nitrogens with two attached hydrogens (primary N) is 1. The SMILES string of the molecule is COc1ccc(COc2ccnc(C(=N)N)c2)cc1. The van der Waals surface area contributed by atoms with Crippen LogP contribution in [0.15, 0.2) is 42.6 Å². The fraction of sp³-hybridized carbons (Fsp3) is 0.143. The molecule has 0 aliphatic heterocycles. The Morgan fingerprint density at radius 3 is 2.58 bits per heavy atom. The van der Waals surface area contributed by atoms with Crippen molar-refractivity contribution in [3.05, 3.63) is 53.9 Å². The van der Waals surface area contributed by atoms with Gasteiger partial charge < -0.3 is 15.2 Å². The first-order chi connectivity index (χ1) is 9.19. The van der Waals surface area contributed by atoms with Gasteiger partial charge in [0, 0.05) is 12.3 Å². The van der Waals surface area contributed by atoms with Gasteiger partial charge in [-0.2, -0.15) is 0 Å². The zero-order chi connectivity index (χ0) is 13.7. The van der Waals surface area contributed by atoms with Crippen LogP contribution in [0.3, 0.4) is 0 Å². The molecule has 0 unspecified atom stereocenters. The number of nitrogen functional groups attached to an aromatic ring is 1. The Balaban J connectivity index is 2.01. The van der Waals surface area contributed by atoms with Crippen LogP contribution in [-0.2, 0) is 6.61 Å². The number of hydrogen-bond donors (Lipinski definition) is 2. The maximum absolute atomic E-state index is 7.32. The van der Waals surface area contributed by atoms with Crippen LogP contribution in [0, 0.1) is 5.41 Å². The second kappa shape index (κ2) is 5.86. The van der Waals surface area contributed by atoms with E-state index in [1.807, 2.05) is 24.3 Å². The van der Waals surface area contributed by atoms with Gasteiger partial charge >= 0.3 is 0 Å². The van der Waals surface area contributed by atoms with Crippen LogP contribution in [0.5, 0.6) is 11.5 Å². The number of ether oxygens (including phenoxy) is 2. The number of hydrogen-bond acceptors (Lipinski definition) is 4. The normalized spacial score (nSPS) is 9.95. The predicted molar refractivity (Wildman–Crippen MR) is 72.6 cm³/mol. The lowest BCUT2D eigenvalue weighted by atomic mass is 10.2. The van der Waals surface area contributed by atoms with Gasteiger partial charge in [0.15, 0.2) is 0 Å². The quantitative estimate of drug-likeness (QED) is 0.633. The molecule has 0 amide bonds. The van der Waals surface area contributed by atoms with Crippen LogP contribution in [0.25, 0.3) is 0 Å². The molecule has 0 atom stereocenters. The first-order valence-corrected chi connectivity index (χ1v) is 5.75. The Morgan fingerprint density at radius 1 is 1.21 bits per heavy atom. The number of aromatic nitrogens is 1. The average molecular weight is 257 g/mol. The predicted octanol–water partition coefficient (Wildman–Crippen LogP) is 1.95. The summed E-state index contributed by atoms with van der Waals surface area (Å²) in [5.41, 5.74) is 6.81. The lowest BCUT2D eigenvalue weighted by molar-refractivity contribution is 0.305. The van der Waals surface area contributed by atoms with E-state index in [4.69, 9.17) is 20.6 Å². The minimum Gasteiger partial charge on any atom is -0.497 e. The molecule has 0 radical (unpaired) electrons. The highest BCUT2D eigenvalue weighted by molar-refractivity contribution is 5.93. The Hall–Kier alpha value is -2.56. The van der Waals surface area contributed by atoms with Gasteiger partial charge in [0.25, 0.3) is 0 Å². The summed E-state index contributed by atoms with van der Waals surface area (Å²) < 4.78 is 10.7. The van der Waals surface area contributed by atoms with Gasteiger partial charge in [0.05, 0.1) is 7.11 Å². The molecule has 0 saturated heterocycles. The molecule has 5 heteroatoms. The van der Waals surface area contributed by atoms with Gasteiger partial charge in [-0.05, 0) is 23.8 Å². The summed E-state index contributed by atoms with van der Waals surface area (Å²) in [6.07, 6.45) is 1.57. The lowest BCUT2D eigenvalue weighted by Gasteiger charge is -2.08. The molecule has 0 bridgehead atoms. The topological polar surface area (TPSA) is 81.2 Å². The summed E-state index contributed by atoms with van der Waals surface area (Å²) >= 11 is 0. The summed E-state index contributed by atoms with van der Waals surface area (Å²) in [6, 6.07) is 11.0. The summed E-state index contributed by atoms with van der Waals surface area (Å²) in [5, 5.41) is 7.32. The van der Waals surface area contributed by atoms with Crippen LogP contribution in [0.2, 0.25) is 0 Å². The van der Waals surface area contributed by atoms with Crippen LogP contribution in [0.1, 0.15) is 11.3 Å². The molecular weight excluding hydrogens is 242 g/mol. The van der Waals surface area contributed by atoms with Crippen molar-refractivity contribution >= 4 is 5.84 Å². The third-order valence-electron chi connectivity index (χ3n) is 2.57. The standard InChI is InChI=1S/C14H15N3O2/c1-18-11-4-2-10(3-5-11)9-19-12-6-7-17-13(8-12)14(15)16/h2-8H,9H2,1H3,(H3,15,16). The Morgan fingerprint density at radius 2 is 1.95 bits per heavy atom. The van der Waals surface area contributed by atoms with Crippen molar-refractivity contribution in [3.8, 4) is 11.5 Å². The van der Waals surface area contributed by atoms with E-state index in [1.54, 1.807) is 25.4 Å². The molecule has 98 valence electrons. The van der Waals surface area contributed by atoms with Crippen LogP contribution >= 0.6 is 0 Å². The molecule has 1 heterocycles. The van der Waals surface area contributed by atoms with Gasteiger partial charge in [-0.15, -0.1) is 0 Å². The molecule has 0 spiro atoms. The van der Waals surface area contributed by atoms with Gasteiger partial charge in [-0.25, -0.2) is 0 Å². The zero-order valence-electron chi connectivity index (χ0n) is 10.6. The van der Waals surface area contributed by atoms with E-state index in [0.29, 0.717) is 18.1 Å². The first kappa shape index (κ1) is 12.9. The van der Waals surface area contributed by atoms with E-state index in [-0.39, 0.29) is 5.84 Å². The first-order valence-electron chi connectivity index (χ1n) is 5.75. The Labute approximate surface area is 111 Å². The highest BCUT2D eigenvalue weighted by atomic mass is 16.5. The third kappa shape index (κ3) is 3.45. The molecule has 3 N–H and O–H groups in total. The van der Waals surface area contributed by atoms with Crippen molar-refractivity contribution < 1.29 is 9.47 Å². The van der Waals surface area contributed by atoms with Gasteiger partial charge in [0.1, 0.15) is 29.6 Å². The molecule has 1 aromatic heterocycles. The number of benzene rings is 1. The zero-order valence-corrected chi connectivity index (χ0v) is 10.6. The maximum atomic E-state index is 7.32. The van der Waals surface area contributed by atoms with E-state index in [2.05, 4.69) is 4.98 Å². The number of nitrogens with one attached hydrogen (secondary N) is 1. The fourth-order valence-corrected chi connectivity index (χ4v) is 1.54. The molecule has 0 fully saturated rings. The number of pyridine rings is 1. The minimum atomic E-state index is -0.0742. The van der Waals surface area contributed by atoms with E-state index in [1.165, 1.54) is 0 Å². The minimum absolute atomic E-state index is 0.0742. The van der Waals surface area contributed by atoms with Gasteiger partial charge in [-0.1, -0.05) is 12.1 Å². The summed E-state index contributed by atoms with van der Waals surface area (Å²) in [5.74, 6) is 1.37. The lowest BCUT2D eigenvalue weighted by Crippen LogP contribution is -2.13. The van der Waals surface area contributed by atoms with E-state index >= 15 is 0 Å². The Bertz CT molecular complexity index is 567. The summed E-state index contributed by atoms with van der Waals surface area (Å²) in [4.78, 5) is 3.97. The fourth-order valence-electron chi connectivity index (χ4n) is 1.54.